The van der Waals surface area contributed by atoms with Crippen LogP contribution in [0.4, 0.5) is 5.69 Å². The minimum atomic E-state index is -0.342. The van der Waals surface area contributed by atoms with Crippen LogP contribution in [0, 0.1) is 5.41 Å². The van der Waals surface area contributed by atoms with E-state index in [1.807, 2.05) is 0 Å². The molecule has 0 amide bonds. The number of aromatic nitrogens is 2. The highest BCUT2D eigenvalue weighted by Crippen LogP contribution is 2.37. The van der Waals surface area contributed by atoms with Gasteiger partial charge < -0.3 is 5.32 Å². The van der Waals surface area contributed by atoms with Crippen LogP contribution in [0.2, 0.25) is 5.02 Å². The van der Waals surface area contributed by atoms with Crippen LogP contribution in [-0.4, -0.2) is 16.2 Å². The summed E-state index contributed by atoms with van der Waals surface area (Å²) in [5.41, 5.74) is 0.519. The molecule has 1 atom stereocenters. The summed E-state index contributed by atoms with van der Waals surface area (Å²) in [6, 6.07) is 0.345. The Kier molecular flexibility index (Phi) is 3.43. The molecule has 1 aromatic heterocycles. The molecule has 0 aromatic carbocycles. The number of nitrogens with zero attached hydrogens (tertiary/aromatic N) is 1. The molecule has 1 heterocycles. The molecule has 1 aliphatic rings. The van der Waals surface area contributed by atoms with Gasteiger partial charge in [-0.2, -0.15) is 5.10 Å². The van der Waals surface area contributed by atoms with Crippen LogP contribution >= 0.6 is 11.6 Å². The molecular weight excluding hydrogens is 238 g/mol. The lowest BCUT2D eigenvalue weighted by molar-refractivity contribution is 0.217. The lowest BCUT2D eigenvalue weighted by Crippen LogP contribution is -2.39. The Morgan fingerprint density at radius 1 is 1.53 bits per heavy atom. The second kappa shape index (κ2) is 4.69. The Balaban J connectivity index is 2.20. The summed E-state index contributed by atoms with van der Waals surface area (Å²) in [5, 5.41) is 9.66. The van der Waals surface area contributed by atoms with E-state index in [0.717, 1.165) is 6.42 Å². The summed E-state index contributed by atoms with van der Waals surface area (Å²) in [7, 11) is 0. The largest absolute Gasteiger partial charge is 0.379 e. The smallest absolute Gasteiger partial charge is 0.285 e. The Morgan fingerprint density at radius 2 is 2.29 bits per heavy atom. The maximum Gasteiger partial charge on any atom is 0.285 e. The molecule has 1 aromatic rings. The van der Waals surface area contributed by atoms with Crippen LogP contribution in [0.5, 0.6) is 0 Å². The summed E-state index contributed by atoms with van der Waals surface area (Å²) in [6.45, 7) is 4.50. The molecule has 4 nitrogen and oxygen atoms in total. The molecule has 5 heteroatoms. The standard InChI is InChI=1S/C12H18ClN3O/c1-12(2)6-4-3-5-9(12)15-8-7-14-16-11(17)10(8)13/h7,9H,3-6H2,1-2H3,(H2,15,16,17). The van der Waals surface area contributed by atoms with Crippen molar-refractivity contribution in [3.63, 3.8) is 0 Å². The third-order valence-electron chi connectivity index (χ3n) is 3.63. The third-order valence-corrected chi connectivity index (χ3v) is 4.01. The second-order valence-corrected chi connectivity index (χ2v) is 5.74. The summed E-state index contributed by atoms with van der Waals surface area (Å²) in [5.74, 6) is 0. The van der Waals surface area contributed by atoms with Crippen molar-refractivity contribution in [3.05, 3.63) is 21.6 Å². The van der Waals surface area contributed by atoms with E-state index < -0.39 is 0 Å². The van der Waals surface area contributed by atoms with Crippen LogP contribution in [-0.2, 0) is 0 Å². The number of rotatable bonds is 2. The van der Waals surface area contributed by atoms with Crippen LogP contribution in [0.1, 0.15) is 39.5 Å². The van der Waals surface area contributed by atoms with Gasteiger partial charge in [-0.1, -0.05) is 38.3 Å². The predicted octanol–water partition coefficient (Wildman–Crippen LogP) is 2.80. The zero-order valence-electron chi connectivity index (χ0n) is 10.2. The van der Waals surface area contributed by atoms with Crippen LogP contribution in [0.3, 0.4) is 0 Å². The van der Waals surface area contributed by atoms with Crippen LogP contribution in [0.15, 0.2) is 11.0 Å². The van der Waals surface area contributed by atoms with Gasteiger partial charge in [0.1, 0.15) is 5.02 Å². The Labute approximate surface area is 106 Å². The quantitative estimate of drug-likeness (QED) is 0.854. The topological polar surface area (TPSA) is 57.8 Å². The fourth-order valence-corrected chi connectivity index (χ4v) is 2.58. The molecule has 1 saturated carbocycles. The highest BCUT2D eigenvalue weighted by Gasteiger charge is 2.32. The normalized spacial score (nSPS) is 23.4. The first-order chi connectivity index (χ1) is 8.00. The van der Waals surface area contributed by atoms with Gasteiger partial charge in [-0.05, 0) is 18.3 Å². The van der Waals surface area contributed by atoms with Crippen molar-refractivity contribution in [2.45, 2.75) is 45.6 Å². The van der Waals surface area contributed by atoms with E-state index in [-0.39, 0.29) is 16.0 Å². The zero-order valence-corrected chi connectivity index (χ0v) is 11.0. The van der Waals surface area contributed by atoms with Crippen molar-refractivity contribution >= 4 is 17.3 Å². The molecule has 94 valence electrons. The summed E-state index contributed by atoms with van der Waals surface area (Å²) in [6.07, 6.45) is 6.37. The lowest BCUT2D eigenvalue weighted by Gasteiger charge is -2.39. The Hall–Kier alpha value is -1.03. The van der Waals surface area contributed by atoms with E-state index in [9.17, 15) is 4.79 Å². The molecule has 2 N–H and O–H groups in total. The van der Waals surface area contributed by atoms with E-state index >= 15 is 0 Å². The average Bonchev–Trinajstić information content (AvgIpc) is 2.27. The van der Waals surface area contributed by atoms with Crippen LogP contribution < -0.4 is 10.9 Å². The van der Waals surface area contributed by atoms with Crippen molar-refractivity contribution < 1.29 is 0 Å². The van der Waals surface area contributed by atoms with E-state index in [1.165, 1.54) is 19.3 Å². The SMILES string of the molecule is CC1(C)CCCCC1Nc1cn[nH]c(=O)c1Cl. The van der Waals surface area contributed by atoms with E-state index in [0.29, 0.717) is 11.7 Å². The van der Waals surface area contributed by atoms with Gasteiger partial charge in [-0.15, -0.1) is 0 Å². The van der Waals surface area contributed by atoms with Gasteiger partial charge in [0.25, 0.3) is 5.56 Å². The van der Waals surface area contributed by atoms with Crippen molar-refractivity contribution in [2.75, 3.05) is 5.32 Å². The summed E-state index contributed by atoms with van der Waals surface area (Å²) < 4.78 is 0. The van der Waals surface area contributed by atoms with Gasteiger partial charge in [0.2, 0.25) is 0 Å². The van der Waals surface area contributed by atoms with Gasteiger partial charge in [-0.25, -0.2) is 5.10 Å². The highest BCUT2D eigenvalue weighted by molar-refractivity contribution is 6.32. The van der Waals surface area contributed by atoms with Crippen molar-refractivity contribution in [1.82, 2.24) is 10.2 Å². The van der Waals surface area contributed by atoms with E-state index in [1.54, 1.807) is 6.20 Å². The fraction of sp³-hybridized carbons (Fsp3) is 0.667. The first kappa shape index (κ1) is 12.4. The molecule has 0 aliphatic heterocycles. The van der Waals surface area contributed by atoms with Crippen molar-refractivity contribution in [1.29, 1.82) is 0 Å². The van der Waals surface area contributed by atoms with Gasteiger partial charge in [0.15, 0.2) is 0 Å². The van der Waals surface area contributed by atoms with Gasteiger partial charge in [0, 0.05) is 6.04 Å². The first-order valence-corrected chi connectivity index (χ1v) is 6.38. The minimum Gasteiger partial charge on any atom is -0.379 e. The Morgan fingerprint density at radius 3 is 3.00 bits per heavy atom. The van der Waals surface area contributed by atoms with Crippen LogP contribution in [0.25, 0.3) is 0 Å². The Bertz CT molecular complexity index is 455. The minimum absolute atomic E-state index is 0.196. The van der Waals surface area contributed by atoms with Gasteiger partial charge in [0.05, 0.1) is 11.9 Å². The number of halogens is 1. The number of anilines is 1. The zero-order chi connectivity index (χ0) is 12.5. The molecule has 2 rings (SSSR count). The summed E-state index contributed by atoms with van der Waals surface area (Å²) in [4.78, 5) is 11.4. The maximum atomic E-state index is 11.4. The van der Waals surface area contributed by atoms with Crippen molar-refractivity contribution in [3.8, 4) is 0 Å². The molecule has 17 heavy (non-hydrogen) atoms. The molecule has 0 spiro atoms. The summed E-state index contributed by atoms with van der Waals surface area (Å²) >= 11 is 5.96. The van der Waals surface area contributed by atoms with Gasteiger partial charge in [-0.3, -0.25) is 4.79 Å². The monoisotopic (exact) mass is 255 g/mol. The number of H-pyrrole nitrogens is 1. The van der Waals surface area contributed by atoms with Crippen molar-refractivity contribution in [2.24, 2.45) is 5.41 Å². The molecule has 1 unspecified atom stereocenters. The molecular formula is C12H18ClN3O. The lowest BCUT2D eigenvalue weighted by atomic mass is 9.73. The highest BCUT2D eigenvalue weighted by atomic mass is 35.5. The molecule has 0 radical (unpaired) electrons. The molecule has 1 aliphatic carbocycles. The number of nitrogens with one attached hydrogen (secondary N) is 2. The number of hydrogen-bond acceptors (Lipinski definition) is 3. The molecule has 1 fully saturated rings. The third kappa shape index (κ3) is 2.63. The maximum absolute atomic E-state index is 11.4. The fourth-order valence-electron chi connectivity index (χ4n) is 2.43. The number of hydrogen-bond donors (Lipinski definition) is 2. The average molecular weight is 256 g/mol. The predicted molar refractivity (Wildman–Crippen MR) is 69.5 cm³/mol. The van der Waals surface area contributed by atoms with Gasteiger partial charge >= 0.3 is 0 Å². The molecule has 0 saturated heterocycles. The molecule has 0 bridgehead atoms. The van der Waals surface area contributed by atoms with E-state index in [2.05, 4.69) is 29.4 Å². The number of aromatic amines is 1. The second-order valence-electron chi connectivity index (χ2n) is 5.36. The van der Waals surface area contributed by atoms with E-state index in [4.69, 9.17) is 11.6 Å². The first-order valence-electron chi connectivity index (χ1n) is 6.00.